The largest absolute Gasteiger partial charge is 0.453 e. The van der Waals surface area contributed by atoms with Crippen LogP contribution in [0.2, 0.25) is 19.1 Å². The smallest absolute Gasteiger partial charge is 0.407 e. The summed E-state index contributed by atoms with van der Waals surface area (Å²) in [6, 6.07) is 14.1. The number of amides is 4. The van der Waals surface area contributed by atoms with E-state index in [1.807, 2.05) is 43.0 Å². The van der Waals surface area contributed by atoms with Crippen molar-refractivity contribution >= 4 is 43.1 Å². The van der Waals surface area contributed by atoms with Gasteiger partial charge in [-0.05, 0) is 90.6 Å². The minimum Gasteiger partial charge on any atom is -0.453 e. The molecule has 4 amide bonds. The molecule has 7 atom stereocenters. The second-order valence-corrected chi connectivity index (χ2v) is 24.4. The summed E-state index contributed by atoms with van der Waals surface area (Å²) in [5.74, 6) is -2.54. The lowest BCUT2D eigenvalue weighted by Gasteiger charge is -2.37. The normalized spacial score (nSPS) is 22.5. The topological polar surface area (TPSA) is 184 Å². The zero-order chi connectivity index (χ0) is 47.0. The summed E-state index contributed by atoms with van der Waals surface area (Å²) in [6.07, 6.45) is 2.81. The van der Waals surface area contributed by atoms with Crippen LogP contribution < -0.4 is 10.6 Å². The Kier molecular flexibility index (Phi) is 11.6. The van der Waals surface area contributed by atoms with Crippen LogP contribution in [0.1, 0.15) is 74.9 Å². The minimum absolute atomic E-state index is 0.0410. The number of carbonyl (C=O) groups excluding carboxylic acids is 4. The number of hydrogen-bond donors (Lipinski definition) is 4. The summed E-state index contributed by atoms with van der Waals surface area (Å²) in [6.45, 7) is 9.86. The highest BCUT2D eigenvalue weighted by atomic mass is 28.3. The van der Waals surface area contributed by atoms with Crippen molar-refractivity contribution in [2.75, 3.05) is 27.5 Å². The minimum atomic E-state index is -3.30. The highest BCUT2D eigenvalue weighted by molar-refractivity contribution is 6.78. The average molecular weight is 923 g/mol. The van der Waals surface area contributed by atoms with Gasteiger partial charge in [0.15, 0.2) is 0 Å². The predicted molar refractivity (Wildman–Crippen MR) is 245 cm³/mol. The molecule has 18 heteroatoms. The van der Waals surface area contributed by atoms with Crippen molar-refractivity contribution in [3.63, 3.8) is 0 Å². The number of alkyl halides is 2. The number of likely N-dealkylation sites (tertiary alicyclic amines) is 1. The van der Waals surface area contributed by atoms with E-state index in [-0.39, 0.29) is 46.9 Å². The highest BCUT2D eigenvalue weighted by Gasteiger charge is 2.52. The third-order valence-electron chi connectivity index (χ3n) is 14.1. The third kappa shape index (κ3) is 7.80. The van der Waals surface area contributed by atoms with Crippen molar-refractivity contribution in [2.45, 2.75) is 101 Å². The second kappa shape index (κ2) is 16.9. The van der Waals surface area contributed by atoms with Crippen molar-refractivity contribution in [2.24, 2.45) is 11.8 Å². The first-order valence-corrected chi connectivity index (χ1v) is 25.9. The molecule has 2 aliphatic heterocycles. The average Bonchev–Trinajstić information content (AvgIpc) is 4.18. The van der Waals surface area contributed by atoms with E-state index in [0.717, 1.165) is 30.3 Å². The van der Waals surface area contributed by atoms with Gasteiger partial charge >= 0.3 is 12.2 Å². The first-order chi connectivity index (χ1) is 31.4. The van der Waals surface area contributed by atoms with Crippen LogP contribution in [0, 0.1) is 11.8 Å². The maximum atomic E-state index is 16.7. The van der Waals surface area contributed by atoms with Crippen molar-refractivity contribution in [3.8, 4) is 33.5 Å². The number of aromatic amines is 2. The number of halogens is 2. The number of fused-ring (bicyclic) bond motifs is 6. The molecule has 9 rings (SSSR count). The molecular weight excluding hydrogens is 867 g/mol. The molecule has 348 valence electrons. The SMILES string of the molecule is COC(=O)N[C@H](C(=O)N1[C@@H]2CC[C@@H](C2)[C@H]1c1nc2ccc(-c3ccc4c(c3)C(F)(F)c3cc(-c5cnc([C@@H]6C[Si](C)(C)CN6C(=O)[C@@H](NC(=O)OC)C(C)OC)[nH]5)ccc3-4)cc2[nH]1)C(C)C. The summed E-state index contributed by atoms with van der Waals surface area (Å²) >= 11 is 0. The van der Waals surface area contributed by atoms with E-state index in [4.69, 9.17) is 19.2 Å². The molecule has 2 bridgehead atoms. The maximum Gasteiger partial charge on any atom is 0.407 e. The summed E-state index contributed by atoms with van der Waals surface area (Å²) in [4.78, 5) is 72.6. The monoisotopic (exact) mass is 922 g/mol. The van der Waals surface area contributed by atoms with Gasteiger partial charge in [0.25, 0.3) is 5.92 Å². The zero-order valence-corrected chi connectivity index (χ0v) is 39.3. The molecule has 4 aliphatic rings. The number of H-pyrrole nitrogens is 2. The van der Waals surface area contributed by atoms with E-state index in [1.165, 1.54) is 27.4 Å². The number of methoxy groups -OCH3 is 3. The fourth-order valence-corrected chi connectivity index (χ4v) is 13.6. The van der Waals surface area contributed by atoms with Crippen LogP contribution in [0.5, 0.6) is 0 Å². The number of alkyl carbamates (subject to hydrolysis) is 2. The Balaban J connectivity index is 0.961. The van der Waals surface area contributed by atoms with E-state index in [1.54, 1.807) is 42.3 Å². The van der Waals surface area contributed by atoms with Crippen LogP contribution in [-0.2, 0) is 29.7 Å². The summed E-state index contributed by atoms with van der Waals surface area (Å²) in [5.41, 5.74) is 4.54. The molecule has 15 nitrogen and oxygen atoms in total. The molecule has 2 saturated heterocycles. The third-order valence-corrected chi connectivity index (χ3v) is 16.8. The Bertz CT molecular complexity index is 2740. The lowest BCUT2D eigenvalue weighted by molar-refractivity contribution is -0.139. The first kappa shape index (κ1) is 45.0. The van der Waals surface area contributed by atoms with Gasteiger partial charge in [-0.3, -0.25) is 9.59 Å². The Morgan fingerprint density at radius 1 is 0.818 bits per heavy atom. The van der Waals surface area contributed by atoms with Crippen molar-refractivity contribution in [1.82, 2.24) is 40.4 Å². The fourth-order valence-electron chi connectivity index (χ4n) is 10.7. The summed E-state index contributed by atoms with van der Waals surface area (Å²) < 4.78 is 48.4. The van der Waals surface area contributed by atoms with Gasteiger partial charge in [0, 0.05) is 36.0 Å². The molecular formula is C48H56F2N8O7Si. The van der Waals surface area contributed by atoms with Gasteiger partial charge in [-0.2, -0.15) is 8.78 Å². The molecule has 3 aromatic carbocycles. The lowest BCUT2D eigenvalue weighted by atomic mass is 9.95. The number of nitrogens with zero attached hydrogens (tertiary/aromatic N) is 4. The van der Waals surface area contributed by atoms with Crippen LogP contribution in [0.15, 0.2) is 60.8 Å². The summed E-state index contributed by atoms with van der Waals surface area (Å²) in [7, 11) is 2.05. The molecule has 0 spiro atoms. The molecule has 1 saturated carbocycles. The lowest BCUT2D eigenvalue weighted by Crippen LogP contribution is -2.54. The van der Waals surface area contributed by atoms with Crippen LogP contribution in [0.3, 0.4) is 0 Å². The molecule has 2 aliphatic carbocycles. The van der Waals surface area contributed by atoms with Crippen LogP contribution in [0.4, 0.5) is 18.4 Å². The Hall–Kier alpha value is -6.14. The Morgan fingerprint density at radius 3 is 2.12 bits per heavy atom. The van der Waals surface area contributed by atoms with Crippen LogP contribution in [-0.4, -0.2) is 114 Å². The van der Waals surface area contributed by atoms with Gasteiger partial charge in [-0.15, -0.1) is 0 Å². The van der Waals surface area contributed by atoms with Crippen molar-refractivity contribution < 1.29 is 42.2 Å². The Morgan fingerprint density at radius 2 is 1.45 bits per heavy atom. The van der Waals surface area contributed by atoms with Crippen molar-refractivity contribution in [3.05, 3.63) is 83.6 Å². The molecule has 4 heterocycles. The van der Waals surface area contributed by atoms with E-state index < -0.39 is 50.4 Å². The number of piperidine rings is 1. The quantitative estimate of drug-likeness (QED) is 0.0952. The van der Waals surface area contributed by atoms with E-state index in [9.17, 15) is 19.2 Å². The fraction of sp³-hybridized carbons (Fsp3) is 0.458. The number of rotatable bonds is 11. The van der Waals surface area contributed by atoms with E-state index in [0.29, 0.717) is 57.3 Å². The molecule has 66 heavy (non-hydrogen) atoms. The first-order valence-electron chi connectivity index (χ1n) is 22.5. The van der Waals surface area contributed by atoms with Gasteiger partial charge in [0.1, 0.15) is 23.7 Å². The number of nitrogens with one attached hydrogen (secondary N) is 4. The van der Waals surface area contributed by atoms with Gasteiger partial charge in [-0.1, -0.05) is 57.3 Å². The zero-order valence-electron chi connectivity index (χ0n) is 38.3. The number of hydrogen-bond acceptors (Lipinski definition) is 9. The standard InChI is InChI=1S/C48H56F2N8O7Si/c1-24(2)39(55-46(61)64-5)45(60)58-30-13-9-29(17-30)41(58)43-52-35-16-12-27(20-36(35)53-43)26-10-14-31-32-15-11-28(19-34(32)48(49,50)33(31)18-26)37-21-51-42(54-37)38-22-66(7,8)23-57(38)44(59)40(25(3)63-4)56-47(62)65-6/h10-12,14-16,18-21,24-25,29-30,38-41H,9,13,17,22-23H2,1-8H3,(H,51,54)(H,52,53)(H,55,61)(H,56,62)/t25?,29-,30+,38-,39-,40-,41-/m0/s1. The molecule has 0 radical (unpaired) electrons. The van der Waals surface area contributed by atoms with Gasteiger partial charge in [-0.25, -0.2) is 19.6 Å². The van der Waals surface area contributed by atoms with Crippen LogP contribution >= 0.6 is 0 Å². The van der Waals surface area contributed by atoms with Crippen molar-refractivity contribution in [1.29, 1.82) is 0 Å². The molecule has 2 aromatic heterocycles. The van der Waals surface area contributed by atoms with Gasteiger partial charge < -0.3 is 44.6 Å². The molecule has 4 N–H and O–H groups in total. The van der Waals surface area contributed by atoms with Gasteiger partial charge in [0.2, 0.25) is 11.8 Å². The summed E-state index contributed by atoms with van der Waals surface area (Å²) in [5, 5.41) is 5.35. The Labute approximate surface area is 382 Å². The highest BCUT2D eigenvalue weighted by Crippen LogP contribution is 2.53. The molecule has 1 unspecified atom stereocenters. The predicted octanol–water partition coefficient (Wildman–Crippen LogP) is 8.06. The van der Waals surface area contributed by atoms with E-state index in [2.05, 4.69) is 38.7 Å². The van der Waals surface area contributed by atoms with Gasteiger partial charge in [0.05, 0.1) is 63.4 Å². The van der Waals surface area contributed by atoms with E-state index >= 15 is 8.78 Å². The molecule has 5 aromatic rings. The number of imidazole rings is 2. The second-order valence-electron chi connectivity index (χ2n) is 19.3. The number of benzene rings is 3. The maximum absolute atomic E-state index is 16.7. The molecule has 3 fully saturated rings. The number of ether oxygens (including phenoxy) is 3. The number of aromatic nitrogens is 4. The number of carbonyl (C=O) groups is 4. The van der Waals surface area contributed by atoms with Crippen LogP contribution in [0.25, 0.3) is 44.5 Å².